The Morgan fingerprint density at radius 1 is 1.15 bits per heavy atom. The predicted octanol–water partition coefficient (Wildman–Crippen LogP) is 2.18. The van der Waals surface area contributed by atoms with Gasteiger partial charge in [0.2, 0.25) is 11.8 Å². The van der Waals surface area contributed by atoms with Crippen LogP contribution in [0.15, 0.2) is 54.9 Å². The Bertz CT molecular complexity index is 793. The maximum absolute atomic E-state index is 12.5. The highest BCUT2D eigenvalue weighted by Gasteiger charge is 2.61. The molecule has 0 bridgehead atoms. The first kappa shape index (κ1) is 16.8. The molecule has 1 aliphatic heterocycles. The number of hydrogen-bond acceptors (Lipinski definition) is 3. The molecule has 2 amide bonds. The molecule has 134 valence electrons. The molecule has 2 heterocycles. The summed E-state index contributed by atoms with van der Waals surface area (Å²) in [5, 5.41) is 3.01. The first-order valence-corrected chi connectivity index (χ1v) is 9.15. The third kappa shape index (κ3) is 3.47. The quantitative estimate of drug-likeness (QED) is 0.900. The molecule has 1 aromatic heterocycles. The lowest BCUT2D eigenvalue weighted by molar-refractivity contribution is -0.130. The van der Waals surface area contributed by atoms with Crippen molar-refractivity contribution in [3.63, 3.8) is 0 Å². The van der Waals surface area contributed by atoms with Gasteiger partial charge in [-0.1, -0.05) is 36.4 Å². The molecule has 0 radical (unpaired) electrons. The zero-order chi connectivity index (χ0) is 18.0. The maximum atomic E-state index is 12.5. The molecule has 1 saturated heterocycles. The number of hydrogen-bond donors (Lipinski definition) is 1. The molecule has 1 aromatic carbocycles. The SMILES string of the molecule is O=C(NCc1cccnc1)[C@@H]1C[C@]12CCN(C(=O)Cc1ccccc1)C2. The third-order valence-electron chi connectivity index (χ3n) is 5.63. The summed E-state index contributed by atoms with van der Waals surface area (Å²) in [4.78, 5) is 31.0. The van der Waals surface area contributed by atoms with Crippen LogP contribution < -0.4 is 5.32 Å². The van der Waals surface area contributed by atoms with E-state index < -0.39 is 0 Å². The van der Waals surface area contributed by atoms with Crippen molar-refractivity contribution in [1.29, 1.82) is 0 Å². The van der Waals surface area contributed by atoms with Crippen LogP contribution in [0.5, 0.6) is 0 Å². The molecule has 1 spiro atoms. The van der Waals surface area contributed by atoms with E-state index in [9.17, 15) is 9.59 Å². The van der Waals surface area contributed by atoms with E-state index in [1.807, 2.05) is 47.4 Å². The van der Waals surface area contributed by atoms with E-state index in [1.165, 1.54) is 0 Å². The van der Waals surface area contributed by atoms with Crippen LogP contribution >= 0.6 is 0 Å². The summed E-state index contributed by atoms with van der Waals surface area (Å²) >= 11 is 0. The van der Waals surface area contributed by atoms with Crippen LogP contribution in [0.4, 0.5) is 0 Å². The summed E-state index contributed by atoms with van der Waals surface area (Å²) in [6.07, 6.45) is 5.75. The molecule has 2 aromatic rings. The highest BCUT2D eigenvalue weighted by molar-refractivity contribution is 5.84. The Kier molecular flexibility index (Phi) is 4.45. The molecule has 1 aliphatic carbocycles. The van der Waals surface area contributed by atoms with Crippen LogP contribution in [-0.4, -0.2) is 34.8 Å². The monoisotopic (exact) mass is 349 g/mol. The van der Waals surface area contributed by atoms with E-state index in [0.717, 1.165) is 30.5 Å². The Hall–Kier alpha value is -2.69. The average Bonchev–Trinajstić information content (AvgIpc) is 3.21. The number of nitrogens with zero attached hydrogens (tertiary/aromatic N) is 2. The van der Waals surface area contributed by atoms with Gasteiger partial charge in [-0.2, -0.15) is 0 Å². The number of carbonyl (C=O) groups is 2. The number of nitrogens with one attached hydrogen (secondary N) is 1. The van der Waals surface area contributed by atoms with Crippen LogP contribution in [0.3, 0.4) is 0 Å². The summed E-state index contributed by atoms with van der Waals surface area (Å²) < 4.78 is 0. The van der Waals surface area contributed by atoms with Gasteiger partial charge >= 0.3 is 0 Å². The minimum Gasteiger partial charge on any atom is -0.352 e. The molecule has 5 nitrogen and oxygen atoms in total. The lowest BCUT2D eigenvalue weighted by Gasteiger charge is -2.17. The Balaban J connectivity index is 1.28. The molecule has 4 rings (SSSR count). The molecule has 26 heavy (non-hydrogen) atoms. The fourth-order valence-electron chi connectivity index (χ4n) is 3.98. The lowest BCUT2D eigenvalue weighted by Crippen LogP contribution is -2.32. The highest BCUT2D eigenvalue weighted by atomic mass is 16.2. The molecule has 2 atom stereocenters. The smallest absolute Gasteiger partial charge is 0.227 e. The summed E-state index contributed by atoms with van der Waals surface area (Å²) in [7, 11) is 0. The van der Waals surface area contributed by atoms with E-state index in [0.29, 0.717) is 19.5 Å². The molecule has 1 N–H and O–H groups in total. The maximum Gasteiger partial charge on any atom is 0.227 e. The second-order valence-electron chi connectivity index (χ2n) is 7.43. The molecule has 2 aliphatic rings. The van der Waals surface area contributed by atoms with Gasteiger partial charge in [0, 0.05) is 43.4 Å². The van der Waals surface area contributed by atoms with Crippen LogP contribution in [0.25, 0.3) is 0 Å². The summed E-state index contributed by atoms with van der Waals surface area (Å²) in [5.74, 6) is 0.300. The fraction of sp³-hybridized carbons (Fsp3) is 0.381. The van der Waals surface area contributed by atoms with Crippen molar-refractivity contribution < 1.29 is 9.59 Å². The normalized spacial score (nSPS) is 23.8. The second-order valence-corrected chi connectivity index (χ2v) is 7.43. The van der Waals surface area contributed by atoms with Crippen LogP contribution in [0, 0.1) is 11.3 Å². The van der Waals surface area contributed by atoms with Crippen molar-refractivity contribution in [1.82, 2.24) is 15.2 Å². The zero-order valence-electron chi connectivity index (χ0n) is 14.7. The molecular weight excluding hydrogens is 326 g/mol. The van der Waals surface area contributed by atoms with Crippen molar-refractivity contribution in [2.24, 2.45) is 11.3 Å². The van der Waals surface area contributed by atoms with Crippen molar-refractivity contribution in [2.75, 3.05) is 13.1 Å². The van der Waals surface area contributed by atoms with Gasteiger partial charge in [0.25, 0.3) is 0 Å². The van der Waals surface area contributed by atoms with Crippen molar-refractivity contribution in [3.05, 3.63) is 66.0 Å². The Labute approximate surface area is 153 Å². The van der Waals surface area contributed by atoms with Gasteiger partial charge in [-0.25, -0.2) is 0 Å². The van der Waals surface area contributed by atoms with E-state index in [-0.39, 0.29) is 23.1 Å². The highest BCUT2D eigenvalue weighted by Crippen LogP contribution is 2.58. The summed E-state index contributed by atoms with van der Waals surface area (Å²) in [6.45, 7) is 1.98. The van der Waals surface area contributed by atoms with Crippen molar-refractivity contribution >= 4 is 11.8 Å². The second kappa shape index (κ2) is 6.90. The Morgan fingerprint density at radius 2 is 1.96 bits per heavy atom. The summed E-state index contributed by atoms with van der Waals surface area (Å²) in [6, 6.07) is 13.7. The van der Waals surface area contributed by atoms with Crippen LogP contribution in [0.2, 0.25) is 0 Å². The minimum absolute atomic E-state index is 0.00533. The van der Waals surface area contributed by atoms with Gasteiger partial charge < -0.3 is 10.2 Å². The number of rotatable bonds is 5. The number of likely N-dealkylation sites (tertiary alicyclic amines) is 1. The number of amides is 2. The number of aromatic nitrogens is 1. The average molecular weight is 349 g/mol. The molecule has 2 fully saturated rings. The van der Waals surface area contributed by atoms with Crippen molar-refractivity contribution in [3.8, 4) is 0 Å². The van der Waals surface area contributed by atoms with Gasteiger partial charge in [-0.05, 0) is 30.0 Å². The number of benzene rings is 1. The first-order chi connectivity index (χ1) is 12.7. The Morgan fingerprint density at radius 3 is 2.73 bits per heavy atom. The minimum atomic E-state index is 0.00533. The molecule has 1 saturated carbocycles. The largest absolute Gasteiger partial charge is 0.352 e. The molecule has 0 unspecified atom stereocenters. The van der Waals surface area contributed by atoms with Gasteiger partial charge in [0.15, 0.2) is 0 Å². The molecular formula is C21H23N3O2. The van der Waals surface area contributed by atoms with Gasteiger partial charge in [0.05, 0.1) is 6.42 Å². The number of pyridine rings is 1. The van der Waals surface area contributed by atoms with Crippen LogP contribution in [-0.2, 0) is 22.6 Å². The van der Waals surface area contributed by atoms with Gasteiger partial charge in [-0.15, -0.1) is 0 Å². The van der Waals surface area contributed by atoms with E-state index in [4.69, 9.17) is 0 Å². The zero-order valence-corrected chi connectivity index (χ0v) is 14.7. The van der Waals surface area contributed by atoms with E-state index >= 15 is 0 Å². The molecule has 5 heteroatoms. The van der Waals surface area contributed by atoms with Crippen molar-refractivity contribution in [2.45, 2.75) is 25.8 Å². The van der Waals surface area contributed by atoms with E-state index in [2.05, 4.69) is 10.3 Å². The van der Waals surface area contributed by atoms with Gasteiger partial charge in [-0.3, -0.25) is 14.6 Å². The fourth-order valence-corrected chi connectivity index (χ4v) is 3.98. The predicted molar refractivity (Wildman–Crippen MR) is 98.0 cm³/mol. The first-order valence-electron chi connectivity index (χ1n) is 9.15. The topological polar surface area (TPSA) is 62.3 Å². The summed E-state index contributed by atoms with van der Waals surface area (Å²) in [5.41, 5.74) is 2.05. The number of carbonyl (C=O) groups excluding carboxylic acids is 2. The standard InChI is InChI=1S/C21H23N3O2/c25-19(11-16-5-2-1-3-6-16)24-10-8-21(15-24)12-18(21)20(26)23-14-17-7-4-9-22-13-17/h1-7,9,13,18H,8,10-12,14-15H2,(H,23,26)/t18-,21-/m0/s1. The van der Waals surface area contributed by atoms with E-state index in [1.54, 1.807) is 12.4 Å². The third-order valence-corrected chi connectivity index (χ3v) is 5.63. The van der Waals surface area contributed by atoms with Gasteiger partial charge in [0.1, 0.15) is 0 Å². The van der Waals surface area contributed by atoms with Crippen LogP contribution in [0.1, 0.15) is 24.0 Å². The lowest BCUT2D eigenvalue weighted by atomic mass is 10.0.